The Morgan fingerprint density at radius 3 is 2.30 bits per heavy atom. The van der Waals surface area contributed by atoms with E-state index in [0.29, 0.717) is 31.1 Å². The van der Waals surface area contributed by atoms with Gasteiger partial charge in [0.25, 0.3) is 0 Å². The second-order valence-corrected chi connectivity index (χ2v) is 14.2. The summed E-state index contributed by atoms with van der Waals surface area (Å²) >= 11 is 0. The number of carbonyl (C=O) groups excluding carboxylic acids is 2. The van der Waals surface area contributed by atoms with Crippen LogP contribution in [0, 0.1) is 0 Å². The quantitative estimate of drug-likeness (QED) is 0.247. The molecule has 1 aliphatic heterocycles. The van der Waals surface area contributed by atoms with Crippen molar-refractivity contribution in [2.45, 2.75) is 45.4 Å². The minimum Gasteiger partial charge on any atom is -0.492 e. The monoisotopic (exact) mass is 655 g/mol. The van der Waals surface area contributed by atoms with Crippen molar-refractivity contribution in [3.8, 4) is 11.5 Å². The number of morpholine rings is 1. The number of rotatable bonds is 13. The smallest absolute Gasteiger partial charge is 0.306 e. The third kappa shape index (κ3) is 8.68. The van der Waals surface area contributed by atoms with E-state index in [9.17, 15) is 18.0 Å². The molecule has 3 aromatic rings. The van der Waals surface area contributed by atoms with Crippen LogP contribution < -0.4 is 19.5 Å². The van der Waals surface area contributed by atoms with Crippen LogP contribution in [0.2, 0.25) is 0 Å². The molecule has 12 heteroatoms. The summed E-state index contributed by atoms with van der Waals surface area (Å²) in [7, 11) is -0.971. The Morgan fingerprint density at radius 1 is 1.00 bits per heavy atom. The average molecular weight is 656 g/mol. The van der Waals surface area contributed by atoms with Crippen molar-refractivity contribution in [1.82, 2.24) is 4.90 Å². The third-order valence-electron chi connectivity index (χ3n) is 8.04. The van der Waals surface area contributed by atoms with E-state index in [1.54, 1.807) is 12.1 Å². The van der Waals surface area contributed by atoms with Crippen LogP contribution in [-0.2, 0) is 34.5 Å². The zero-order valence-corrected chi connectivity index (χ0v) is 28.3. The number of carbonyl (C=O) groups is 2. The van der Waals surface area contributed by atoms with Crippen LogP contribution in [0.4, 0.5) is 11.4 Å². The number of hydrogen-bond acceptors (Lipinski definition) is 9. The Kier molecular flexibility index (Phi) is 11.5. The van der Waals surface area contributed by atoms with Crippen molar-refractivity contribution in [3.05, 3.63) is 59.7 Å². The highest BCUT2D eigenvalue weighted by Crippen LogP contribution is 2.41. The standard InChI is InChI=1S/C34H45N3O8S/c1-7-46(40,41)36-29-21-23(34(2,3)4)20-28(32(29)43-6)35-33(39)27(22-31(38)42-5)25-12-13-30(26-11-9-8-10-24(25)26)45-19-16-37-14-17-44-18-15-37/h8-13,20-21,27,36H,7,14-19,22H2,1-6H3,(H,35,39). The van der Waals surface area contributed by atoms with Crippen LogP contribution in [0.5, 0.6) is 11.5 Å². The molecule has 0 bridgehead atoms. The summed E-state index contributed by atoms with van der Waals surface area (Å²) < 4.78 is 49.9. The number of nitrogens with one attached hydrogen (secondary N) is 2. The molecule has 250 valence electrons. The van der Waals surface area contributed by atoms with Gasteiger partial charge >= 0.3 is 5.97 Å². The highest BCUT2D eigenvalue weighted by molar-refractivity contribution is 7.92. The summed E-state index contributed by atoms with van der Waals surface area (Å²) in [5.41, 5.74) is 1.48. The highest BCUT2D eigenvalue weighted by Gasteiger charge is 2.29. The van der Waals surface area contributed by atoms with Crippen molar-refractivity contribution in [1.29, 1.82) is 0 Å². The van der Waals surface area contributed by atoms with Gasteiger partial charge in [-0.25, -0.2) is 8.42 Å². The summed E-state index contributed by atoms with van der Waals surface area (Å²) in [5.74, 6) is -1.29. The second-order valence-electron chi connectivity index (χ2n) is 12.2. The number of anilines is 2. The lowest BCUT2D eigenvalue weighted by molar-refractivity contribution is -0.142. The lowest BCUT2D eigenvalue weighted by Gasteiger charge is -2.26. The topological polar surface area (TPSA) is 132 Å². The van der Waals surface area contributed by atoms with Gasteiger partial charge in [0, 0.05) is 25.0 Å². The van der Waals surface area contributed by atoms with Gasteiger partial charge in [0.2, 0.25) is 15.9 Å². The zero-order chi connectivity index (χ0) is 33.5. The number of esters is 1. The minimum absolute atomic E-state index is 0.140. The number of ether oxygens (including phenoxy) is 4. The van der Waals surface area contributed by atoms with Crippen molar-refractivity contribution in [2.24, 2.45) is 0 Å². The Labute approximate surface area is 271 Å². The van der Waals surface area contributed by atoms with E-state index in [4.69, 9.17) is 18.9 Å². The fourth-order valence-electron chi connectivity index (χ4n) is 5.34. The fourth-order valence-corrected chi connectivity index (χ4v) is 5.97. The van der Waals surface area contributed by atoms with Crippen LogP contribution >= 0.6 is 0 Å². The summed E-state index contributed by atoms with van der Waals surface area (Å²) in [6, 6.07) is 14.7. The fraction of sp³-hybridized carbons (Fsp3) is 0.471. The van der Waals surface area contributed by atoms with Crippen molar-refractivity contribution >= 4 is 44.0 Å². The minimum atomic E-state index is -3.66. The van der Waals surface area contributed by atoms with E-state index in [2.05, 4.69) is 14.9 Å². The maximum atomic E-state index is 14.2. The first-order chi connectivity index (χ1) is 21.9. The number of hydrogen-bond donors (Lipinski definition) is 2. The number of amides is 1. The Balaban J connectivity index is 1.71. The molecule has 0 saturated carbocycles. The molecule has 1 amide bonds. The molecule has 1 fully saturated rings. The van der Waals surface area contributed by atoms with Crippen LogP contribution in [0.25, 0.3) is 10.8 Å². The average Bonchev–Trinajstić information content (AvgIpc) is 3.03. The normalized spacial score (nSPS) is 14.8. The van der Waals surface area contributed by atoms with Crippen molar-refractivity contribution < 1.29 is 37.0 Å². The maximum Gasteiger partial charge on any atom is 0.306 e. The van der Waals surface area contributed by atoms with Gasteiger partial charge in [0.15, 0.2) is 5.75 Å². The number of nitrogens with zero attached hydrogens (tertiary/aromatic N) is 1. The molecule has 1 atom stereocenters. The van der Waals surface area contributed by atoms with Gasteiger partial charge < -0.3 is 24.3 Å². The lowest BCUT2D eigenvalue weighted by atomic mass is 9.86. The predicted molar refractivity (Wildman–Crippen MR) is 179 cm³/mol. The summed E-state index contributed by atoms with van der Waals surface area (Å²) in [5, 5.41) is 4.52. The molecule has 1 aliphatic rings. The summed E-state index contributed by atoms with van der Waals surface area (Å²) in [6.45, 7) is 11.9. The molecule has 0 spiro atoms. The molecule has 3 aromatic carbocycles. The molecule has 1 heterocycles. The molecular weight excluding hydrogens is 610 g/mol. The number of methoxy groups -OCH3 is 2. The Bertz CT molecular complexity index is 1650. The first-order valence-corrected chi connectivity index (χ1v) is 17.1. The predicted octanol–water partition coefficient (Wildman–Crippen LogP) is 4.90. The van der Waals surface area contributed by atoms with E-state index >= 15 is 0 Å². The van der Waals surface area contributed by atoms with Gasteiger partial charge in [-0.3, -0.25) is 19.2 Å². The molecule has 11 nitrogen and oxygen atoms in total. The molecule has 1 saturated heterocycles. The summed E-state index contributed by atoms with van der Waals surface area (Å²) in [6.07, 6.45) is -0.222. The SMILES string of the molecule is CCS(=O)(=O)Nc1cc(C(C)(C)C)cc(NC(=O)C(CC(=O)OC)c2ccc(OCCN3CCOCC3)c3ccccc23)c1OC. The largest absolute Gasteiger partial charge is 0.492 e. The van der Waals surface area contributed by atoms with E-state index in [1.807, 2.05) is 57.2 Å². The van der Waals surface area contributed by atoms with E-state index < -0.39 is 33.2 Å². The van der Waals surface area contributed by atoms with Crippen molar-refractivity contribution in [3.63, 3.8) is 0 Å². The first kappa shape index (κ1) is 35.0. The number of sulfonamides is 1. The molecule has 46 heavy (non-hydrogen) atoms. The van der Waals surface area contributed by atoms with Gasteiger partial charge in [-0.1, -0.05) is 51.1 Å². The van der Waals surface area contributed by atoms with E-state index in [0.717, 1.165) is 36.0 Å². The molecule has 0 aliphatic carbocycles. The van der Waals surface area contributed by atoms with Gasteiger partial charge in [-0.15, -0.1) is 0 Å². The second kappa shape index (κ2) is 15.1. The summed E-state index contributed by atoms with van der Waals surface area (Å²) in [4.78, 5) is 29.1. The molecule has 0 radical (unpaired) electrons. The molecule has 1 unspecified atom stereocenters. The first-order valence-electron chi connectivity index (χ1n) is 15.4. The van der Waals surface area contributed by atoms with Gasteiger partial charge in [-0.2, -0.15) is 0 Å². The van der Waals surface area contributed by atoms with Gasteiger partial charge in [-0.05, 0) is 47.1 Å². The number of fused-ring (bicyclic) bond motifs is 1. The highest BCUT2D eigenvalue weighted by atomic mass is 32.2. The van der Waals surface area contributed by atoms with Gasteiger partial charge in [0.1, 0.15) is 12.4 Å². The molecule has 4 rings (SSSR count). The van der Waals surface area contributed by atoms with Crippen LogP contribution in [-0.4, -0.2) is 84.6 Å². The van der Waals surface area contributed by atoms with Crippen LogP contribution in [0.15, 0.2) is 48.5 Å². The number of benzene rings is 3. The maximum absolute atomic E-state index is 14.2. The van der Waals surface area contributed by atoms with E-state index in [1.165, 1.54) is 21.1 Å². The molecular formula is C34H45N3O8S. The van der Waals surface area contributed by atoms with E-state index in [-0.39, 0.29) is 29.3 Å². The van der Waals surface area contributed by atoms with Gasteiger partial charge in [0.05, 0.1) is 56.9 Å². The lowest BCUT2D eigenvalue weighted by Crippen LogP contribution is -2.38. The Hall–Kier alpha value is -3.87. The molecule has 0 aromatic heterocycles. The van der Waals surface area contributed by atoms with Crippen LogP contribution in [0.1, 0.15) is 51.2 Å². The third-order valence-corrected chi connectivity index (χ3v) is 9.33. The Morgan fingerprint density at radius 2 is 1.67 bits per heavy atom. The van der Waals surface area contributed by atoms with Crippen molar-refractivity contribution in [2.75, 3.05) is 69.5 Å². The molecule has 2 N–H and O–H groups in total. The zero-order valence-electron chi connectivity index (χ0n) is 27.5. The van der Waals surface area contributed by atoms with Crippen LogP contribution in [0.3, 0.4) is 0 Å².